The van der Waals surface area contributed by atoms with E-state index in [1.165, 1.54) is 37.4 Å². The van der Waals surface area contributed by atoms with Crippen LogP contribution in [0.25, 0.3) is 16.7 Å². The van der Waals surface area contributed by atoms with Crippen LogP contribution in [0.4, 0.5) is 32.4 Å². The monoisotopic (exact) mass is 666 g/mol. The molecule has 0 saturated carbocycles. The highest BCUT2D eigenvalue weighted by Gasteiger charge is 2.62. The van der Waals surface area contributed by atoms with Crippen LogP contribution in [0.3, 0.4) is 0 Å². The number of pyridine rings is 1. The molecule has 8 nitrogen and oxygen atoms in total. The van der Waals surface area contributed by atoms with Crippen LogP contribution in [0.2, 0.25) is 25.7 Å². The lowest BCUT2D eigenvalue weighted by atomic mass is 9.88. The molecule has 46 heavy (non-hydrogen) atoms. The van der Waals surface area contributed by atoms with Crippen LogP contribution in [0.5, 0.6) is 0 Å². The minimum atomic E-state index is -5.05. The van der Waals surface area contributed by atoms with Gasteiger partial charge in [-0.15, -0.1) is 0 Å². The summed E-state index contributed by atoms with van der Waals surface area (Å²) < 4.78 is 91.1. The second-order valence-corrected chi connectivity index (χ2v) is 19.2. The standard InChI is InChI=1S/C32H39F5N4O4Si/c1-29(2,3)45-28(42)41(20-43-14-15-46(7,8)9)27-31(5,32(35,36)37)44-19-30(4,40-27)23-16-21(10-12-24(23)33)17-25(34)26-13-11-22(38-6)18-39-26/h10-13,16-18H,14-15,19-20H2,1-5,7-9H3/b25-17-/t30-,31+/m0/s1. The molecular formula is C32H39F5N4O4Si. The molecule has 0 radical (unpaired) electrons. The summed E-state index contributed by atoms with van der Waals surface area (Å²) in [6.45, 7) is 18.9. The minimum absolute atomic E-state index is 0.0751. The number of amidine groups is 1. The molecule has 3 rings (SSSR count). The number of carbonyl (C=O) groups is 1. The van der Waals surface area contributed by atoms with Crippen molar-refractivity contribution in [3.05, 3.63) is 70.6 Å². The zero-order valence-electron chi connectivity index (χ0n) is 27.2. The lowest BCUT2D eigenvalue weighted by Gasteiger charge is -2.45. The Balaban J connectivity index is 2.13. The average Bonchev–Trinajstić information content (AvgIpc) is 2.93. The Bertz CT molecular complexity index is 1530. The number of alkyl halides is 3. The predicted molar refractivity (Wildman–Crippen MR) is 168 cm³/mol. The van der Waals surface area contributed by atoms with Crippen molar-refractivity contribution in [2.45, 2.75) is 83.2 Å². The number of nitrogens with zero attached hydrogens (tertiary/aromatic N) is 4. The molecular weight excluding hydrogens is 627 g/mol. The number of aromatic nitrogens is 1. The summed E-state index contributed by atoms with van der Waals surface area (Å²) in [5, 5.41) is 0. The highest BCUT2D eigenvalue weighted by Crippen LogP contribution is 2.44. The molecule has 0 aliphatic carbocycles. The quantitative estimate of drug-likeness (QED) is 0.0926. The van der Waals surface area contributed by atoms with Crippen molar-refractivity contribution in [2.75, 3.05) is 19.9 Å². The molecule has 0 N–H and O–H groups in total. The summed E-state index contributed by atoms with van der Waals surface area (Å²) >= 11 is 0. The highest BCUT2D eigenvalue weighted by atomic mass is 28.3. The van der Waals surface area contributed by atoms with E-state index < -0.39 is 67.9 Å². The maximum atomic E-state index is 15.4. The van der Waals surface area contributed by atoms with E-state index in [-0.39, 0.29) is 29.1 Å². The first-order chi connectivity index (χ1) is 21.1. The van der Waals surface area contributed by atoms with Crippen LogP contribution in [0.15, 0.2) is 41.5 Å². The second-order valence-electron chi connectivity index (χ2n) is 13.5. The average molecular weight is 667 g/mol. The molecule has 1 aromatic carbocycles. The number of aliphatic imine (C=N–C) groups is 1. The van der Waals surface area contributed by atoms with Gasteiger partial charge in [0.15, 0.2) is 5.84 Å². The molecule has 0 bridgehead atoms. The number of ether oxygens (including phenoxy) is 3. The topological polar surface area (TPSA) is 77.6 Å². The van der Waals surface area contributed by atoms with Crippen molar-refractivity contribution in [2.24, 2.45) is 4.99 Å². The Morgan fingerprint density at radius 1 is 1.17 bits per heavy atom. The third-order valence-corrected chi connectivity index (χ3v) is 8.74. The summed E-state index contributed by atoms with van der Waals surface area (Å²) in [6, 6.07) is 6.93. The van der Waals surface area contributed by atoms with Crippen LogP contribution >= 0.6 is 0 Å². The normalized spacial score (nSPS) is 21.0. The largest absolute Gasteiger partial charge is 0.443 e. The van der Waals surface area contributed by atoms with Gasteiger partial charge in [-0.25, -0.2) is 23.3 Å². The van der Waals surface area contributed by atoms with Gasteiger partial charge in [0.05, 0.1) is 18.9 Å². The van der Waals surface area contributed by atoms with Gasteiger partial charge in [0.25, 0.3) is 0 Å². The number of carbonyl (C=O) groups excluding carboxylic acids is 1. The van der Waals surface area contributed by atoms with Gasteiger partial charge in [-0.2, -0.15) is 13.2 Å². The number of hydrogen-bond acceptors (Lipinski definition) is 6. The molecule has 250 valence electrons. The van der Waals surface area contributed by atoms with Gasteiger partial charge >= 0.3 is 12.3 Å². The van der Waals surface area contributed by atoms with E-state index in [0.717, 1.165) is 19.1 Å². The van der Waals surface area contributed by atoms with Crippen molar-refractivity contribution in [1.29, 1.82) is 0 Å². The highest BCUT2D eigenvalue weighted by molar-refractivity contribution is 6.76. The summed E-state index contributed by atoms with van der Waals surface area (Å²) in [5.41, 5.74) is -5.86. The van der Waals surface area contributed by atoms with Crippen LogP contribution < -0.4 is 0 Å². The third kappa shape index (κ3) is 8.98. The molecule has 0 unspecified atom stereocenters. The smallest absolute Gasteiger partial charge is 0.424 e. The molecule has 2 heterocycles. The van der Waals surface area contributed by atoms with E-state index in [2.05, 4.69) is 34.5 Å². The minimum Gasteiger partial charge on any atom is -0.443 e. The van der Waals surface area contributed by atoms with E-state index in [1.807, 2.05) is 0 Å². The molecule has 2 aromatic rings. The lowest BCUT2D eigenvalue weighted by molar-refractivity contribution is -0.252. The molecule has 0 saturated heterocycles. The Labute approximate surface area is 267 Å². The number of rotatable bonds is 8. The van der Waals surface area contributed by atoms with Gasteiger partial charge in [0.1, 0.15) is 29.5 Å². The first kappa shape index (κ1) is 36.8. The summed E-state index contributed by atoms with van der Waals surface area (Å²) in [5.74, 6) is -2.50. The van der Waals surface area contributed by atoms with Crippen molar-refractivity contribution in [1.82, 2.24) is 9.88 Å². The molecule has 1 aliphatic rings. The summed E-state index contributed by atoms with van der Waals surface area (Å²) in [6.07, 6.45) is -3.93. The predicted octanol–water partition coefficient (Wildman–Crippen LogP) is 8.75. The van der Waals surface area contributed by atoms with Crippen molar-refractivity contribution >= 4 is 37.6 Å². The first-order valence-corrected chi connectivity index (χ1v) is 18.2. The van der Waals surface area contributed by atoms with Gasteiger partial charge in [-0.05, 0) is 70.5 Å². The molecule has 2 atom stereocenters. The van der Waals surface area contributed by atoms with Gasteiger partial charge in [-0.3, -0.25) is 9.98 Å². The fourth-order valence-corrected chi connectivity index (χ4v) is 5.05. The van der Waals surface area contributed by atoms with Gasteiger partial charge in [-0.1, -0.05) is 31.8 Å². The summed E-state index contributed by atoms with van der Waals surface area (Å²) in [4.78, 5) is 25.5. The maximum absolute atomic E-state index is 15.4. The Hall–Kier alpha value is -3.67. The summed E-state index contributed by atoms with van der Waals surface area (Å²) in [7, 11) is -1.59. The SMILES string of the molecule is [C-]#[N+]c1ccc(/C(F)=C/c2ccc(F)c([C@]3(C)CO[C@@](C)(C(F)(F)F)C(N(COCC[Si](C)(C)C)C(=O)OC(C)(C)C)=N3)c2)nc1. The van der Waals surface area contributed by atoms with Crippen molar-refractivity contribution in [3.63, 3.8) is 0 Å². The van der Waals surface area contributed by atoms with E-state index in [4.69, 9.17) is 20.8 Å². The van der Waals surface area contributed by atoms with Gasteiger partial charge in [0, 0.05) is 26.4 Å². The number of amides is 1. The van der Waals surface area contributed by atoms with E-state index >= 15 is 8.78 Å². The van der Waals surface area contributed by atoms with Gasteiger partial charge in [0.2, 0.25) is 11.3 Å². The van der Waals surface area contributed by atoms with Crippen LogP contribution in [-0.4, -0.2) is 67.2 Å². The van der Waals surface area contributed by atoms with E-state index in [9.17, 15) is 18.0 Å². The molecule has 0 fully saturated rings. The fraction of sp³-hybridized carbons (Fsp3) is 0.500. The number of benzene rings is 1. The Morgan fingerprint density at radius 3 is 2.39 bits per heavy atom. The number of hydrogen-bond donors (Lipinski definition) is 0. The molecule has 14 heteroatoms. The first-order valence-electron chi connectivity index (χ1n) is 14.5. The molecule has 0 spiro atoms. The van der Waals surface area contributed by atoms with E-state index in [1.54, 1.807) is 20.8 Å². The van der Waals surface area contributed by atoms with Crippen molar-refractivity contribution < 1.29 is 41.0 Å². The van der Waals surface area contributed by atoms with Crippen LogP contribution in [0, 0.1) is 12.4 Å². The lowest BCUT2D eigenvalue weighted by Crippen LogP contribution is -2.63. The van der Waals surface area contributed by atoms with Crippen LogP contribution in [-0.2, 0) is 19.7 Å². The Kier molecular flexibility index (Phi) is 10.9. The Morgan fingerprint density at radius 2 is 1.85 bits per heavy atom. The molecule has 1 aliphatic heterocycles. The zero-order valence-corrected chi connectivity index (χ0v) is 28.2. The third-order valence-electron chi connectivity index (χ3n) is 7.03. The van der Waals surface area contributed by atoms with Crippen LogP contribution in [0.1, 0.15) is 51.4 Å². The molecule has 1 aromatic heterocycles. The van der Waals surface area contributed by atoms with E-state index in [0.29, 0.717) is 10.9 Å². The zero-order chi connectivity index (χ0) is 34.7. The fourth-order valence-electron chi connectivity index (χ4n) is 4.30. The number of halogens is 5. The molecule has 1 amide bonds. The second kappa shape index (κ2) is 13.6. The van der Waals surface area contributed by atoms with Gasteiger partial charge < -0.3 is 14.2 Å². The van der Waals surface area contributed by atoms with Crippen molar-refractivity contribution in [3.8, 4) is 0 Å². The maximum Gasteiger partial charge on any atom is 0.424 e.